The predicted molar refractivity (Wildman–Crippen MR) is 105 cm³/mol. The fourth-order valence-corrected chi connectivity index (χ4v) is 3.30. The van der Waals surface area contributed by atoms with Crippen molar-refractivity contribution in [3.05, 3.63) is 29.3 Å². The molecule has 0 heterocycles. The Morgan fingerprint density at radius 2 is 1.38 bits per heavy atom. The smallest absolute Gasteiger partial charge is 0.319 e. The molecule has 0 spiro atoms. The lowest BCUT2D eigenvalue weighted by atomic mass is 10.0. The Morgan fingerprint density at radius 3 is 1.83 bits per heavy atom. The molecule has 0 aliphatic rings. The van der Waals surface area contributed by atoms with Gasteiger partial charge in [-0.1, -0.05) is 83.9 Å². The van der Waals surface area contributed by atoms with Crippen LogP contribution in [-0.4, -0.2) is 12.6 Å². The zero-order chi connectivity index (χ0) is 17.8. The molecule has 2 amide bonds. The second-order valence-corrected chi connectivity index (χ2v) is 6.60. The van der Waals surface area contributed by atoms with Gasteiger partial charge in [-0.05, 0) is 30.4 Å². The minimum absolute atomic E-state index is 0.325. The van der Waals surface area contributed by atoms with Crippen molar-refractivity contribution in [2.45, 2.75) is 85.0 Å². The highest BCUT2D eigenvalue weighted by Crippen LogP contribution is 2.27. The molecule has 0 aromatic heterocycles. The maximum absolute atomic E-state index is 12.0. The summed E-state index contributed by atoms with van der Waals surface area (Å²) in [6.45, 7) is 7.24. The van der Waals surface area contributed by atoms with Crippen LogP contribution in [-0.2, 0) is 12.8 Å². The van der Waals surface area contributed by atoms with Gasteiger partial charge in [0.1, 0.15) is 0 Å². The minimum Gasteiger partial charge on any atom is -0.351 e. The van der Waals surface area contributed by atoms with Crippen molar-refractivity contribution in [3.63, 3.8) is 0 Å². The van der Waals surface area contributed by atoms with Crippen molar-refractivity contribution >= 4 is 11.7 Å². The van der Waals surface area contributed by atoms with Crippen LogP contribution in [0, 0.1) is 0 Å². The fourth-order valence-electron chi connectivity index (χ4n) is 3.30. The highest BCUT2D eigenvalue weighted by atomic mass is 16.2. The van der Waals surface area contributed by atoms with Gasteiger partial charge in [0.25, 0.3) is 0 Å². The van der Waals surface area contributed by atoms with Crippen molar-refractivity contribution in [3.8, 4) is 0 Å². The Labute approximate surface area is 148 Å². The van der Waals surface area contributed by atoms with Crippen molar-refractivity contribution in [2.24, 2.45) is 5.73 Å². The lowest BCUT2D eigenvalue weighted by Gasteiger charge is -2.26. The Hall–Kier alpha value is -1.51. The third-order valence-electron chi connectivity index (χ3n) is 4.74. The third-order valence-corrected chi connectivity index (χ3v) is 4.74. The topological polar surface area (TPSA) is 46.3 Å². The number of hydrogen-bond acceptors (Lipinski definition) is 1. The van der Waals surface area contributed by atoms with Crippen LogP contribution in [0.5, 0.6) is 0 Å². The number of para-hydroxylation sites is 1. The normalized spacial score (nSPS) is 10.8. The standard InChI is InChI=1S/C21H36N2O/c1-4-7-8-9-10-11-12-13-17-23(21(22)24)20-18(5-2)15-14-16-19(20)6-3/h14-16H,4-13,17H2,1-3H3,(H2,22,24). The number of carbonyl (C=O) groups is 1. The van der Waals surface area contributed by atoms with Gasteiger partial charge in [0, 0.05) is 6.54 Å². The van der Waals surface area contributed by atoms with E-state index in [9.17, 15) is 4.79 Å². The van der Waals surface area contributed by atoms with Crippen LogP contribution < -0.4 is 10.6 Å². The maximum atomic E-state index is 12.0. The molecule has 0 atom stereocenters. The van der Waals surface area contributed by atoms with Crippen LogP contribution in [0.1, 0.15) is 83.3 Å². The van der Waals surface area contributed by atoms with Gasteiger partial charge in [-0.3, -0.25) is 4.90 Å². The molecule has 3 heteroatoms. The van der Waals surface area contributed by atoms with E-state index in [0.29, 0.717) is 0 Å². The molecule has 0 saturated carbocycles. The van der Waals surface area contributed by atoms with E-state index in [4.69, 9.17) is 5.73 Å². The zero-order valence-electron chi connectivity index (χ0n) is 15.9. The number of urea groups is 1. The number of nitrogens with two attached hydrogens (primary N) is 1. The summed E-state index contributed by atoms with van der Waals surface area (Å²) in [6, 6.07) is 5.97. The molecule has 1 rings (SSSR count). The Bertz CT molecular complexity index is 462. The first kappa shape index (κ1) is 20.5. The van der Waals surface area contributed by atoms with Crippen LogP contribution in [0.2, 0.25) is 0 Å². The monoisotopic (exact) mass is 332 g/mol. The van der Waals surface area contributed by atoms with Crippen LogP contribution >= 0.6 is 0 Å². The molecule has 0 radical (unpaired) electrons. The first-order valence-electron chi connectivity index (χ1n) is 9.83. The summed E-state index contributed by atoms with van der Waals surface area (Å²) in [5.74, 6) is 0. The van der Waals surface area contributed by atoms with Crippen molar-refractivity contribution in [1.82, 2.24) is 0 Å². The first-order valence-corrected chi connectivity index (χ1v) is 9.83. The van der Waals surface area contributed by atoms with Crippen molar-refractivity contribution < 1.29 is 4.79 Å². The average molecular weight is 333 g/mol. The van der Waals surface area contributed by atoms with Gasteiger partial charge in [0.2, 0.25) is 0 Å². The van der Waals surface area contributed by atoms with E-state index in [0.717, 1.165) is 31.5 Å². The summed E-state index contributed by atoms with van der Waals surface area (Å²) in [5, 5.41) is 0. The lowest BCUT2D eigenvalue weighted by molar-refractivity contribution is 0.253. The number of nitrogens with zero attached hydrogens (tertiary/aromatic N) is 1. The van der Waals surface area contributed by atoms with Gasteiger partial charge < -0.3 is 5.73 Å². The number of benzene rings is 1. The number of unbranched alkanes of at least 4 members (excludes halogenated alkanes) is 7. The lowest BCUT2D eigenvalue weighted by Crippen LogP contribution is -2.37. The summed E-state index contributed by atoms with van der Waals surface area (Å²) in [5.41, 5.74) is 9.18. The quantitative estimate of drug-likeness (QED) is 0.480. The number of aryl methyl sites for hydroxylation is 2. The average Bonchev–Trinajstić information content (AvgIpc) is 2.59. The molecule has 24 heavy (non-hydrogen) atoms. The third kappa shape index (κ3) is 6.54. The number of carbonyl (C=O) groups excluding carboxylic acids is 1. The van der Waals surface area contributed by atoms with E-state index >= 15 is 0 Å². The fraction of sp³-hybridized carbons (Fsp3) is 0.667. The van der Waals surface area contributed by atoms with Gasteiger partial charge in [-0.15, -0.1) is 0 Å². The van der Waals surface area contributed by atoms with Gasteiger partial charge in [-0.25, -0.2) is 4.79 Å². The number of amides is 2. The van der Waals surface area contributed by atoms with Gasteiger partial charge >= 0.3 is 6.03 Å². The molecule has 1 aromatic rings. The molecule has 136 valence electrons. The second kappa shape index (κ2) is 11.9. The number of rotatable bonds is 12. The first-order chi connectivity index (χ1) is 11.7. The summed E-state index contributed by atoms with van der Waals surface area (Å²) in [6.07, 6.45) is 11.9. The van der Waals surface area contributed by atoms with E-state index in [1.165, 1.54) is 56.1 Å². The SMILES string of the molecule is CCCCCCCCCCN(C(N)=O)c1c(CC)cccc1CC. The van der Waals surface area contributed by atoms with Gasteiger partial charge in [-0.2, -0.15) is 0 Å². The molecular weight excluding hydrogens is 296 g/mol. The van der Waals surface area contributed by atoms with E-state index in [1.807, 2.05) is 0 Å². The molecule has 0 fully saturated rings. The number of anilines is 1. The highest BCUT2D eigenvalue weighted by Gasteiger charge is 2.18. The van der Waals surface area contributed by atoms with E-state index < -0.39 is 0 Å². The minimum atomic E-state index is -0.325. The van der Waals surface area contributed by atoms with Gasteiger partial charge in [0.15, 0.2) is 0 Å². The maximum Gasteiger partial charge on any atom is 0.319 e. The van der Waals surface area contributed by atoms with E-state index in [1.54, 1.807) is 4.90 Å². The highest BCUT2D eigenvalue weighted by molar-refractivity contribution is 5.92. The van der Waals surface area contributed by atoms with Crippen LogP contribution in [0.25, 0.3) is 0 Å². The number of primary amides is 1. The summed E-state index contributed by atoms with van der Waals surface area (Å²) in [7, 11) is 0. The molecule has 0 aliphatic carbocycles. The van der Waals surface area contributed by atoms with Gasteiger partial charge in [0.05, 0.1) is 5.69 Å². The number of hydrogen-bond donors (Lipinski definition) is 1. The summed E-state index contributed by atoms with van der Waals surface area (Å²) >= 11 is 0. The van der Waals surface area contributed by atoms with E-state index in [-0.39, 0.29) is 6.03 Å². The van der Waals surface area contributed by atoms with Crippen molar-refractivity contribution in [2.75, 3.05) is 11.4 Å². The molecule has 1 aromatic carbocycles. The van der Waals surface area contributed by atoms with Crippen LogP contribution in [0.15, 0.2) is 18.2 Å². The second-order valence-electron chi connectivity index (χ2n) is 6.60. The molecule has 3 nitrogen and oxygen atoms in total. The Kier molecular flexibility index (Phi) is 10.2. The van der Waals surface area contributed by atoms with Crippen LogP contribution in [0.3, 0.4) is 0 Å². The zero-order valence-corrected chi connectivity index (χ0v) is 15.9. The van der Waals surface area contributed by atoms with Crippen molar-refractivity contribution in [1.29, 1.82) is 0 Å². The predicted octanol–water partition coefficient (Wildman–Crippen LogP) is 5.84. The molecular formula is C21H36N2O. The molecule has 0 bridgehead atoms. The largest absolute Gasteiger partial charge is 0.351 e. The molecule has 2 N–H and O–H groups in total. The summed E-state index contributed by atoms with van der Waals surface area (Å²) in [4.78, 5) is 13.8. The molecule has 0 unspecified atom stereocenters. The van der Waals surface area contributed by atoms with E-state index in [2.05, 4.69) is 39.0 Å². The Morgan fingerprint density at radius 1 is 0.875 bits per heavy atom. The molecule has 0 saturated heterocycles. The molecule has 0 aliphatic heterocycles. The van der Waals surface area contributed by atoms with Crippen LogP contribution in [0.4, 0.5) is 10.5 Å². The summed E-state index contributed by atoms with van der Waals surface area (Å²) < 4.78 is 0. The Balaban J connectivity index is 2.58.